The van der Waals surface area contributed by atoms with Gasteiger partial charge in [-0.05, 0) is 37.1 Å². The van der Waals surface area contributed by atoms with E-state index in [9.17, 15) is 9.59 Å². The third-order valence-corrected chi connectivity index (χ3v) is 4.66. The molecule has 1 saturated carbocycles. The van der Waals surface area contributed by atoms with E-state index in [0.717, 1.165) is 25.7 Å². The Morgan fingerprint density at radius 3 is 2.50 bits per heavy atom. The van der Waals surface area contributed by atoms with Gasteiger partial charge in [-0.3, -0.25) is 9.59 Å². The van der Waals surface area contributed by atoms with E-state index < -0.39 is 0 Å². The average molecular weight is 373 g/mol. The molecule has 0 heterocycles. The Labute approximate surface area is 157 Å². The maximum Gasteiger partial charge on any atom is 0.262 e. The van der Waals surface area contributed by atoms with Gasteiger partial charge in [0.1, 0.15) is 5.75 Å². The lowest BCUT2D eigenvalue weighted by Gasteiger charge is -2.15. The summed E-state index contributed by atoms with van der Waals surface area (Å²) >= 11 is 6.02. The summed E-state index contributed by atoms with van der Waals surface area (Å²) in [5.41, 5.74) is 0.958. The highest BCUT2D eigenvalue weighted by molar-refractivity contribution is 6.33. The van der Waals surface area contributed by atoms with Crippen molar-refractivity contribution in [2.45, 2.75) is 31.7 Å². The molecule has 0 saturated heterocycles. The second-order valence-corrected chi connectivity index (χ2v) is 6.67. The molecule has 3 rings (SSSR count). The van der Waals surface area contributed by atoms with Crippen LogP contribution in [-0.2, 0) is 4.79 Å². The lowest BCUT2D eigenvalue weighted by Crippen LogP contribution is -2.33. The molecule has 0 unspecified atom stereocenters. The highest BCUT2D eigenvalue weighted by atomic mass is 35.5. The summed E-state index contributed by atoms with van der Waals surface area (Å²) in [5, 5.41) is 6.18. The Kier molecular flexibility index (Phi) is 6.12. The summed E-state index contributed by atoms with van der Waals surface area (Å²) in [6, 6.07) is 14.1. The van der Waals surface area contributed by atoms with Gasteiger partial charge >= 0.3 is 0 Å². The molecule has 0 spiro atoms. The molecular weight excluding hydrogens is 352 g/mol. The van der Waals surface area contributed by atoms with Gasteiger partial charge in [0.2, 0.25) is 0 Å². The molecule has 0 bridgehead atoms. The van der Waals surface area contributed by atoms with E-state index in [-0.39, 0.29) is 24.5 Å². The number of carbonyl (C=O) groups is 2. The van der Waals surface area contributed by atoms with Gasteiger partial charge in [-0.1, -0.05) is 48.7 Å². The van der Waals surface area contributed by atoms with E-state index in [2.05, 4.69) is 10.6 Å². The third-order valence-electron chi connectivity index (χ3n) is 4.33. The molecule has 2 aromatic carbocycles. The second-order valence-electron chi connectivity index (χ2n) is 6.27. The number of carbonyl (C=O) groups excluding carboxylic acids is 2. The summed E-state index contributed by atoms with van der Waals surface area (Å²) in [6.45, 7) is -0.209. The zero-order valence-electron chi connectivity index (χ0n) is 14.3. The van der Waals surface area contributed by atoms with Crippen molar-refractivity contribution in [2.75, 3.05) is 11.9 Å². The van der Waals surface area contributed by atoms with Crippen LogP contribution in [0.25, 0.3) is 0 Å². The number of anilines is 1. The molecule has 0 aliphatic heterocycles. The van der Waals surface area contributed by atoms with Gasteiger partial charge in [-0.15, -0.1) is 0 Å². The van der Waals surface area contributed by atoms with E-state index in [1.54, 1.807) is 48.5 Å². The van der Waals surface area contributed by atoms with E-state index in [4.69, 9.17) is 16.3 Å². The van der Waals surface area contributed by atoms with Gasteiger partial charge in [0.25, 0.3) is 11.8 Å². The molecule has 0 atom stereocenters. The summed E-state index contributed by atoms with van der Waals surface area (Å²) < 4.78 is 5.58. The van der Waals surface area contributed by atoms with Crippen molar-refractivity contribution in [1.29, 1.82) is 0 Å². The van der Waals surface area contributed by atoms with Gasteiger partial charge in [-0.2, -0.15) is 0 Å². The lowest BCUT2D eigenvalue weighted by molar-refractivity contribution is -0.118. The molecule has 2 N–H and O–H groups in total. The first-order valence-corrected chi connectivity index (χ1v) is 9.08. The van der Waals surface area contributed by atoms with Crippen molar-refractivity contribution in [3.8, 4) is 5.75 Å². The summed E-state index contributed by atoms with van der Waals surface area (Å²) in [6.07, 6.45) is 4.31. The molecule has 0 aromatic heterocycles. The average Bonchev–Trinajstić information content (AvgIpc) is 3.15. The van der Waals surface area contributed by atoms with E-state index >= 15 is 0 Å². The van der Waals surface area contributed by atoms with Crippen LogP contribution in [0.1, 0.15) is 36.0 Å². The number of amides is 2. The van der Waals surface area contributed by atoms with Crippen molar-refractivity contribution >= 4 is 29.1 Å². The monoisotopic (exact) mass is 372 g/mol. The number of ether oxygens (including phenoxy) is 1. The van der Waals surface area contributed by atoms with Gasteiger partial charge in [0, 0.05) is 6.04 Å². The smallest absolute Gasteiger partial charge is 0.262 e. The predicted molar refractivity (Wildman–Crippen MR) is 102 cm³/mol. The standard InChI is InChI=1S/C20H21ClN2O3/c21-16-10-4-5-11-17(16)23-19(24)13-26-18-12-6-3-9-15(18)20(25)22-14-7-1-2-8-14/h3-6,9-12,14H,1-2,7-8,13H2,(H,22,25)(H,23,24). The molecule has 1 aliphatic carbocycles. The zero-order valence-corrected chi connectivity index (χ0v) is 15.1. The first-order chi connectivity index (χ1) is 12.6. The molecule has 5 nitrogen and oxygen atoms in total. The predicted octanol–water partition coefficient (Wildman–Crippen LogP) is 4.03. The number of halogens is 1. The van der Waals surface area contributed by atoms with Gasteiger partial charge in [0.05, 0.1) is 16.3 Å². The van der Waals surface area contributed by atoms with E-state index in [1.807, 2.05) is 0 Å². The molecule has 1 fully saturated rings. The van der Waals surface area contributed by atoms with Crippen LogP contribution in [0.5, 0.6) is 5.75 Å². The minimum absolute atomic E-state index is 0.168. The maximum absolute atomic E-state index is 12.5. The van der Waals surface area contributed by atoms with E-state index in [0.29, 0.717) is 22.0 Å². The summed E-state index contributed by atoms with van der Waals surface area (Å²) in [4.78, 5) is 24.6. The SMILES string of the molecule is O=C(COc1ccccc1C(=O)NC1CCCC1)Nc1ccccc1Cl. The van der Waals surface area contributed by atoms with Crippen LogP contribution in [0, 0.1) is 0 Å². The topological polar surface area (TPSA) is 67.4 Å². The van der Waals surface area contributed by atoms with E-state index in [1.165, 1.54) is 0 Å². The molecule has 136 valence electrons. The van der Waals surface area contributed by atoms with Gasteiger partial charge in [-0.25, -0.2) is 0 Å². The van der Waals surface area contributed by atoms with Crippen molar-refractivity contribution in [1.82, 2.24) is 5.32 Å². The first-order valence-electron chi connectivity index (χ1n) is 8.70. The molecule has 0 radical (unpaired) electrons. The number of hydrogen-bond acceptors (Lipinski definition) is 3. The number of benzene rings is 2. The van der Waals surface area contributed by atoms with Gasteiger partial charge in [0.15, 0.2) is 6.61 Å². The fourth-order valence-corrected chi connectivity index (χ4v) is 3.19. The highest BCUT2D eigenvalue weighted by Gasteiger charge is 2.20. The van der Waals surface area contributed by atoms with Crippen molar-refractivity contribution in [3.63, 3.8) is 0 Å². The van der Waals surface area contributed by atoms with Crippen LogP contribution < -0.4 is 15.4 Å². The molecule has 2 aromatic rings. The Morgan fingerprint density at radius 2 is 1.73 bits per heavy atom. The molecule has 6 heteroatoms. The highest BCUT2D eigenvalue weighted by Crippen LogP contribution is 2.22. The second kappa shape index (κ2) is 8.72. The largest absolute Gasteiger partial charge is 0.483 e. The number of hydrogen-bond donors (Lipinski definition) is 2. The molecule has 26 heavy (non-hydrogen) atoms. The van der Waals surface area contributed by atoms with Crippen LogP contribution in [0.15, 0.2) is 48.5 Å². The van der Waals surface area contributed by atoms with Crippen LogP contribution in [0.4, 0.5) is 5.69 Å². The maximum atomic E-state index is 12.5. The van der Waals surface area contributed by atoms with Crippen LogP contribution >= 0.6 is 11.6 Å². The van der Waals surface area contributed by atoms with Crippen molar-refractivity contribution < 1.29 is 14.3 Å². The Morgan fingerprint density at radius 1 is 1.04 bits per heavy atom. The zero-order chi connectivity index (χ0) is 18.4. The Balaban J connectivity index is 1.60. The van der Waals surface area contributed by atoms with Crippen LogP contribution in [0.3, 0.4) is 0 Å². The Bertz CT molecular complexity index is 788. The van der Waals surface area contributed by atoms with Crippen molar-refractivity contribution in [3.05, 3.63) is 59.1 Å². The molecule has 2 amide bonds. The van der Waals surface area contributed by atoms with Crippen molar-refractivity contribution in [2.24, 2.45) is 0 Å². The number of nitrogens with one attached hydrogen (secondary N) is 2. The molecule has 1 aliphatic rings. The fraction of sp³-hybridized carbons (Fsp3) is 0.300. The summed E-state index contributed by atoms with van der Waals surface area (Å²) in [7, 11) is 0. The summed E-state index contributed by atoms with van der Waals surface area (Å²) in [5.74, 6) is -0.125. The number of rotatable bonds is 6. The minimum Gasteiger partial charge on any atom is -0.483 e. The van der Waals surface area contributed by atoms with Crippen LogP contribution in [0.2, 0.25) is 5.02 Å². The minimum atomic E-state index is -0.343. The third kappa shape index (κ3) is 4.76. The number of para-hydroxylation sites is 2. The van der Waals surface area contributed by atoms with Gasteiger partial charge < -0.3 is 15.4 Å². The normalized spacial score (nSPS) is 14.0. The molecular formula is C20H21ClN2O3. The first kappa shape index (κ1) is 18.3. The fourth-order valence-electron chi connectivity index (χ4n) is 3.01. The van der Waals surface area contributed by atoms with Crippen LogP contribution in [-0.4, -0.2) is 24.5 Å². The lowest BCUT2D eigenvalue weighted by atomic mass is 10.1. The quantitative estimate of drug-likeness (QED) is 0.804. The Hall–Kier alpha value is -2.53.